The van der Waals surface area contributed by atoms with Crippen LogP contribution in [0.2, 0.25) is 0 Å². The number of nitrogens with one attached hydrogen (secondary N) is 2. The van der Waals surface area contributed by atoms with Gasteiger partial charge in [-0.3, -0.25) is 10.1 Å². The lowest BCUT2D eigenvalue weighted by molar-refractivity contribution is -0.115. The van der Waals surface area contributed by atoms with E-state index in [2.05, 4.69) is 34.6 Å². The highest BCUT2D eigenvalue weighted by molar-refractivity contribution is 7.80. The van der Waals surface area contributed by atoms with Crippen molar-refractivity contribution in [3.8, 4) is 0 Å². The molecule has 0 aromatic heterocycles. The van der Waals surface area contributed by atoms with E-state index in [1.165, 1.54) is 24.6 Å². The number of hydrogen-bond acceptors (Lipinski definition) is 3. The largest absolute Gasteiger partial charge is 0.372 e. The lowest BCUT2D eigenvalue weighted by Gasteiger charge is -2.32. The molecule has 0 saturated carbocycles. The molecule has 0 bridgehead atoms. The molecular weight excluding hydrogens is 354 g/mol. The molecule has 27 heavy (non-hydrogen) atoms. The molecule has 0 radical (unpaired) electrons. The number of thiocarbonyl (C=S) groups is 1. The Balaban J connectivity index is 1.49. The molecular formula is C22H25N3OS. The number of hydrogen-bond donors (Lipinski definition) is 2. The van der Waals surface area contributed by atoms with Gasteiger partial charge in [-0.15, -0.1) is 0 Å². The molecule has 1 heterocycles. The Morgan fingerprint density at radius 3 is 2.41 bits per heavy atom. The summed E-state index contributed by atoms with van der Waals surface area (Å²) in [6.07, 6.45) is 5.72. The van der Waals surface area contributed by atoms with Crippen LogP contribution >= 0.6 is 12.2 Å². The van der Waals surface area contributed by atoms with Crippen LogP contribution in [-0.2, 0) is 4.79 Å². The maximum absolute atomic E-state index is 12.0. The first-order chi connectivity index (χ1) is 13.1. The smallest absolute Gasteiger partial charge is 0.250 e. The third-order valence-corrected chi connectivity index (χ3v) is 4.94. The fraction of sp³-hybridized carbons (Fsp3) is 0.273. The summed E-state index contributed by atoms with van der Waals surface area (Å²) in [5.74, 6) is 0.564. The van der Waals surface area contributed by atoms with Gasteiger partial charge in [-0.1, -0.05) is 37.3 Å². The molecule has 0 spiro atoms. The summed E-state index contributed by atoms with van der Waals surface area (Å²) in [6, 6.07) is 17.8. The van der Waals surface area contributed by atoms with E-state index < -0.39 is 0 Å². The summed E-state index contributed by atoms with van der Waals surface area (Å²) in [7, 11) is 0. The molecule has 1 amide bonds. The van der Waals surface area contributed by atoms with Crippen LogP contribution in [0, 0.1) is 5.92 Å². The number of rotatable bonds is 4. The van der Waals surface area contributed by atoms with Gasteiger partial charge in [-0.25, -0.2) is 0 Å². The second-order valence-electron chi connectivity index (χ2n) is 6.90. The number of carbonyl (C=O) groups excluding carboxylic acids is 1. The Kier molecular flexibility index (Phi) is 6.60. The number of carbonyl (C=O) groups is 1. The van der Waals surface area contributed by atoms with Gasteiger partial charge in [0.2, 0.25) is 5.91 Å². The summed E-state index contributed by atoms with van der Waals surface area (Å²) in [6.45, 7) is 4.53. The Labute approximate surface area is 166 Å². The van der Waals surface area contributed by atoms with Gasteiger partial charge in [0.05, 0.1) is 0 Å². The highest BCUT2D eigenvalue weighted by Gasteiger charge is 2.15. The summed E-state index contributed by atoms with van der Waals surface area (Å²) >= 11 is 5.23. The molecule has 1 fully saturated rings. The molecule has 2 N–H and O–H groups in total. The second-order valence-corrected chi connectivity index (χ2v) is 7.31. The van der Waals surface area contributed by atoms with E-state index in [1.807, 2.05) is 42.5 Å². The van der Waals surface area contributed by atoms with Crippen LogP contribution in [0.1, 0.15) is 25.3 Å². The van der Waals surface area contributed by atoms with E-state index in [9.17, 15) is 4.79 Å². The first kappa shape index (κ1) is 19.1. The van der Waals surface area contributed by atoms with Crippen LogP contribution in [0.25, 0.3) is 6.08 Å². The van der Waals surface area contributed by atoms with Crippen molar-refractivity contribution in [2.24, 2.45) is 5.92 Å². The van der Waals surface area contributed by atoms with Crippen molar-refractivity contribution in [3.63, 3.8) is 0 Å². The van der Waals surface area contributed by atoms with Crippen molar-refractivity contribution in [1.29, 1.82) is 0 Å². The first-order valence-corrected chi connectivity index (χ1v) is 9.71. The van der Waals surface area contributed by atoms with Crippen molar-refractivity contribution >= 4 is 40.7 Å². The van der Waals surface area contributed by atoms with Gasteiger partial charge in [0.15, 0.2) is 5.11 Å². The number of nitrogens with zero attached hydrogens (tertiary/aromatic N) is 1. The monoisotopic (exact) mass is 379 g/mol. The van der Waals surface area contributed by atoms with E-state index in [0.29, 0.717) is 0 Å². The maximum atomic E-state index is 12.0. The molecule has 2 aromatic rings. The minimum absolute atomic E-state index is 0.254. The molecule has 1 aliphatic heterocycles. The molecule has 2 aromatic carbocycles. The molecule has 140 valence electrons. The third-order valence-electron chi connectivity index (χ3n) is 4.74. The van der Waals surface area contributed by atoms with Crippen molar-refractivity contribution < 1.29 is 4.79 Å². The zero-order chi connectivity index (χ0) is 19.1. The average molecular weight is 380 g/mol. The Bertz CT molecular complexity index is 794. The van der Waals surface area contributed by atoms with Gasteiger partial charge in [-0.05, 0) is 66.9 Å². The lowest BCUT2D eigenvalue weighted by Crippen LogP contribution is -2.33. The summed E-state index contributed by atoms with van der Waals surface area (Å²) in [5.41, 5.74) is 3.06. The van der Waals surface area contributed by atoms with E-state index in [1.54, 1.807) is 6.08 Å². The molecule has 0 atom stereocenters. The van der Waals surface area contributed by atoms with Crippen LogP contribution in [-0.4, -0.2) is 24.1 Å². The van der Waals surface area contributed by atoms with Crippen molar-refractivity contribution in [1.82, 2.24) is 5.32 Å². The van der Waals surface area contributed by atoms with E-state index in [4.69, 9.17) is 12.2 Å². The van der Waals surface area contributed by atoms with Crippen LogP contribution < -0.4 is 15.5 Å². The van der Waals surface area contributed by atoms with Crippen molar-refractivity contribution in [2.75, 3.05) is 23.3 Å². The number of anilines is 2. The Hall–Kier alpha value is -2.66. The molecule has 4 nitrogen and oxygen atoms in total. The minimum Gasteiger partial charge on any atom is -0.372 e. The Morgan fingerprint density at radius 1 is 1.07 bits per heavy atom. The van der Waals surface area contributed by atoms with Gasteiger partial charge >= 0.3 is 0 Å². The molecule has 5 heteroatoms. The minimum atomic E-state index is -0.254. The van der Waals surface area contributed by atoms with Crippen LogP contribution in [0.3, 0.4) is 0 Å². The average Bonchev–Trinajstić information content (AvgIpc) is 2.68. The van der Waals surface area contributed by atoms with Crippen molar-refractivity contribution in [3.05, 3.63) is 66.2 Å². The summed E-state index contributed by atoms with van der Waals surface area (Å²) in [5, 5.41) is 6.01. The van der Waals surface area contributed by atoms with E-state index >= 15 is 0 Å². The van der Waals surface area contributed by atoms with Crippen LogP contribution in [0.15, 0.2) is 60.7 Å². The van der Waals surface area contributed by atoms with Gasteiger partial charge in [0, 0.05) is 30.5 Å². The van der Waals surface area contributed by atoms with E-state index in [0.717, 1.165) is 30.3 Å². The number of benzene rings is 2. The topological polar surface area (TPSA) is 44.4 Å². The van der Waals surface area contributed by atoms with Gasteiger partial charge in [-0.2, -0.15) is 0 Å². The molecule has 1 aliphatic rings. The SMILES string of the molecule is CC1CCN(c2ccc(NC(=S)NC(=O)/C=C/c3ccccc3)cc2)CC1. The zero-order valence-corrected chi connectivity index (χ0v) is 16.3. The molecule has 3 rings (SSSR count). The third kappa shape index (κ3) is 5.93. The van der Waals surface area contributed by atoms with Crippen molar-refractivity contribution in [2.45, 2.75) is 19.8 Å². The van der Waals surface area contributed by atoms with Gasteiger partial charge < -0.3 is 10.2 Å². The zero-order valence-electron chi connectivity index (χ0n) is 15.5. The van der Waals surface area contributed by atoms with Gasteiger partial charge in [0.1, 0.15) is 0 Å². The fourth-order valence-corrected chi connectivity index (χ4v) is 3.29. The van der Waals surface area contributed by atoms with Crippen LogP contribution in [0.4, 0.5) is 11.4 Å². The quantitative estimate of drug-likeness (QED) is 0.608. The number of amides is 1. The normalized spacial score (nSPS) is 14.9. The molecule has 0 unspecified atom stereocenters. The molecule has 1 saturated heterocycles. The maximum Gasteiger partial charge on any atom is 0.250 e. The lowest BCUT2D eigenvalue weighted by atomic mass is 9.99. The van der Waals surface area contributed by atoms with Crippen LogP contribution in [0.5, 0.6) is 0 Å². The number of piperidine rings is 1. The second kappa shape index (κ2) is 9.33. The fourth-order valence-electron chi connectivity index (χ4n) is 3.07. The highest BCUT2D eigenvalue weighted by Crippen LogP contribution is 2.24. The summed E-state index contributed by atoms with van der Waals surface area (Å²) < 4.78 is 0. The standard InChI is InChI=1S/C22H25N3OS/c1-17-13-15-25(16-14-17)20-10-8-19(9-11-20)23-22(27)24-21(26)12-7-18-5-3-2-4-6-18/h2-12,17H,13-16H2,1H3,(H2,23,24,26,27)/b12-7+. The van der Waals surface area contributed by atoms with E-state index in [-0.39, 0.29) is 11.0 Å². The first-order valence-electron chi connectivity index (χ1n) is 9.30. The predicted octanol–water partition coefficient (Wildman–Crippen LogP) is 4.45. The molecule has 0 aliphatic carbocycles. The summed E-state index contributed by atoms with van der Waals surface area (Å²) in [4.78, 5) is 14.4. The Morgan fingerprint density at radius 2 is 1.74 bits per heavy atom. The highest BCUT2D eigenvalue weighted by atomic mass is 32.1. The van der Waals surface area contributed by atoms with Gasteiger partial charge in [0.25, 0.3) is 0 Å². The predicted molar refractivity (Wildman–Crippen MR) is 117 cm³/mol.